The summed E-state index contributed by atoms with van der Waals surface area (Å²) in [4.78, 5) is 21.4. The summed E-state index contributed by atoms with van der Waals surface area (Å²) in [5, 5.41) is 0. The summed E-state index contributed by atoms with van der Waals surface area (Å²) in [6, 6.07) is -0.693. The van der Waals surface area contributed by atoms with Crippen molar-refractivity contribution in [1.29, 1.82) is 0 Å². The molecule has 8 N–H and O–H groups in total. The fourth-order valence-corrected chi connectivity index (χ4v) is 10.1. The minimum atomic E-state index is -0.693. The number of carbonyl (C=O) groups excluding carboxylic acids is 1. The predicted molar refractivity (Wildman–Crippen MR) is 177 cm³/mol. The molecule has 0 spiro atoms. The van der Waals surface area contributed by atoms with Crippen LogP contribution in [0.5, 0.6) is 0 Å². The van der Waals surface area contributed by atoms with Crippen LogP contribution in [-0.2, 0) is 9.53 Å². The van der Waals surface area contributed by atoms with E-state index >= 15 is 0 Å². The molecule has 0 aromatic carbocycles. The topological polar surface area (TPSA) is 155 Å². The monoisotopic (exact) mass is 598 g/mol. The number of unbranched alkanes of at least 4 members (excludes halogenated alkanes) is 1. The number of nitrogens with two attached hydrogens (primary N) is 4. The van der Waals surface area contributed by atoms with Gasteiger partial charge in [0, 0.05) is 13.0 Å². The van der Waals surface area contributed by atoms with Gasteiger partial charge in [-0.05, 0) is 111 Å². The van der Waals surface area contributed by atoms with Crippen LogP contribution in [0, 0.1) is 46.3 Å². The Kier molecular flexibility index (Phi) is 11.1. The Hall–Kier alpha value is -2.25. The number of ether oxygens (including phenoxy) is 1. The Morgan fingerprint density at radius 2 is 1.70 bits per heavy atom. The van der Waals surface area contributed by atoms with Crippen molar-refractivity contribution >= 4 is 17.9 Å². The average molecular weight is 599 g/mol. The van der Waals surface area contributed by atoms with Gasteiger partial charge in [-0.1, -0.05) is 65.5 Å². The summed E-state index contributed by atoms with van der Waals surface area (Å²) in [5.41, 5.74) is 24.4. The first kappa shape index (κ1) is 33.6. The van der Waals surface area contributed by atoms with E-state index in [0.717, 1.165) is 67.6 Å². The van der Waals surface area contributed by atoms with Crippen molar-refractivity contribution in [3.8, 4) is 0 Å². The Labute approximate surface area is 261 Å². The molecular weight excluding hydrogens is 536 g/mol. The van der Waals surface area contributed by atoms with E-state index in [0.29, 0.717) is 18.4 Å². The first-order chi connectivity index (χ1) is 20.3. The molecule has 0 aliphatic heterocycles. The van der Waals surface area contributed by atoms with Crippen LogP contribution in [0.15, 0.2) is 21.6 Å². The van der Waals surface area contributed by atoms with Gasteiger partial charge in [0.15, 0.2) is 18.0 Å². The average Bonchev–Trinajstić information content (AvgIpc) is 3.29. The third kappa shape index (κ3) is 7.70. The molecule has 0 amide bonds. The molecule has 8 heteroatoms. The maximum absolute atomic E-state index is 13.2. The third-order valence-corrected chi connectivity index (χ3v) is 12.3. The summed E-state index contributed by atoms with van der Waals surface area (Å²) in [6.07, 6.45) is 18.1. The normalized spacial score (nSPS) is 34.7. The highest BCUT2D eigenvalue weighted by Crippen LogP contribution is 2.67. The van der Waals surface area contributed by atoms with Crippen LogP contribution in [0.4, 0.5) is 0 Å². The van der Waals surface area contributed by atoms with Gasteiger partial charge in [-0.3, -0.25) is 4.99 Å². The summed E-state index contributed by atoms with van der Waals surface area (Å²) in [5.74, 6) is 4.57. The van der Waals surface area contributed by atoms with Gasteiger partial charge in [0.2, 0.25) is 0 Å². The van der Waals surface area contributed by atoms with Gasteiger partial charge in [-0.2, -0.15) is 0 Å². The van der Waals surface area contributed by atoms with Gasteiger partial charge >= 0.3 is 5.97 Å². The highest BCUT2D eigenvalue weighted by Gasteiger charge is 2.59. The molecule has 0 unspecified atom stereocenters. The van der Waals surface area contributed by atoms with Crippen molar-refractivity contribution in [1.82, 2.24) is 0 Å². The molecule has 4 rings (SSSR count). The van der Waals surface area contributed by atoms with Gasteiger partial charge in [0.1, 0.15) is 6.10 Å². The lowest BCUT2D eigenvalue weighted by atomic mass is 9.47. The standard InChI is InChI=1S/C35H62N6O2/c1-22(2)9-8-10-23(3)27-14-15-28-26-13-12-24-21-25(16-18-34(24,4)29(26)17-19-35(27,28)5)43-31(42)30(41-33(38)39)11-6-7-20-40-32(36)37/h12,22-23,25-30H,6-11,13-21H2,1-5H3,(H4,36,37,40)(H4,38,39,41)/t23-,25+,26+,27-,28+,29+,30+,34+,35-/m1/s1. The first-order valence-corrected chi connectivity index (χ1v) is 17.4. The predicted octanol–water partition coefficient (Wildman–Crippen LogP) is 6.03. The number of fused-ring (bicyclic) bond motifs is 5. The van der Waals surface area contributed by atoms with E-state index in [1.807, 2.05) is 0 Å². The molecule has 3 fully saturated rings. The SMILES string of the molecule is CC(C)CCC[C@@H](C)[C@H]1CC[C@H]2[C@@H]3CC=C4C[C@@H](OC(=O)[C@H](CCCCN=C(N)N)N=C(N)N)CC[C@]4(C)[C@H]3CC[C@]12C. The van der Waals surface area contributed by atoms with Crippen molar-refractivity contribution in [2.75, 3.05) is 6.54 Å². The zero-order valence-electron chi connectivity index (χ0n) is 27.8. The number of rotatable bonds is 13. The van der Waals surface area contributed by atoms with Crippen LogP contribution in [0.25, 0.3) is 0 Å². The summed E-state index contributed by atoms with van der Waals surface area (Å²) in [6.45, 7) is 13.0. The fraction of sp³-hybridized carbons (Fsp3) is 0.857. The summed E-state index contributed by atoms with van der Waals surface area (Å²) in [7, 11) is 0. The lowest BCUT2D eigenvalue weighted by Gasteiger charge is -2.58. The van der Waals surface area contributed by atoms with Gasteiger partial charge in [-0.15, -0.1) is 0 Å². The number of allylic oxidation sites excluding steroid dienone is 1. The molecule has 8 nitrogen and oxygen atoms in total. The second-order valence-corrected chi connectivity index (χ2v) is 15.5. The molecule has 4 aliphatic carbocycles. The summed E-state index contributed by atoms with van der Waals surface area (Å²) < 4.78 is 6.09. The van der Waals surface area contributed by atoms with E-state index in [1.165, 1.54) is 56.9 Å². The Morgan fingerprint density at radius 1 is 0.930 bits per heavy atom. The second kappa shape index (κ2) is 14.2. The Balaban J connectivity index is 1.37. The van der Waals surface area contributed by atoms with Crippen LogP contribution in [0.1, 0.15) is 125 Å². The zero-order valence-corrected chi connectivity index (χ0v) is 27.8. The quantitative estimate of drug-likeness (QED) is 0.0667. The maximum Gasteiger partial charge on any atom is 0.331 e. The van der Waals surface area contributed by atoms with Gasteiger partial charge in [-0.25, -0.2) is 9.79 Å². The zero-order chi connectivity index (χ0) is 31.4. The molecule has 0 aromatic rings. The van der Waals surface area contributed by atoms with E-state index in [-0.39, 0.29) is 29.4 Å². The highest BCUT2D eigenvalue weighted by atomic mass is 16.5. The number of guanidine groups is 2. The molecule has 4 aliphatic rings. The van der Waals surface area contributed by atoms with E-state index in [1.54, 1.807) is 0 Å². The Bertz CT molecular complexity index is 1050. The third-order valence-electron chi connectivity index (χ3n) is 12.3. The van der Waals surface area contributed by atoms with E-state index in [2.05, 4.69) is 50.7 Å². The van der Waals surface area contributed by atoms with Gasteiger partial charge in [0.05, 0.1) is 0 Å². The molecule has 0 radical (unpaired) electrons. The molecule has 0 bridgehead atoms. The molecule has 0 saturated heterocycles. The number of nitrogens with zero attached hydrogens (tertiary/aromatic N) is 2. The minimum Gasteiger partial charge on any atom is -0.460 e. The van der Waals surface area contributed by atoms with Crippen molar-refractivity contribution in [3.05, 3.63) is 11.6 Å². The number of hydrogen-bond acceptors (Lipinski definition) is 4. The van der Waals surface area contributed by atoms with Crippen LogP contribution in [0.2, 0.25) is 0 Å². The van der Waals surface area contributed by atoms with Crippen LogP contribution >= 0.6 is 0 Å². The highest BCUT2D eigenvalue weighted by molar-refractivity contribution is 5.82. The molecule has 0 heterocycles. The summed E-state index contributed by atoms with van der Waals surface area (Å²) >= 11 is 0. The van der Waals surface area contributed by atoms with E-state index in [4.69, 9.17) is 27.7 Å². The minimum absolute atomic E-state index is 0.0737. The number of aliphatic imine (C=N–C) groups is 2. The van der Waals surface area contributed by atoms with Crippen molar-refractivity contribution in [2.45, 2.75) is 137 Å². The van der Waals surface area contributed by atoms with Crippen molar-refractivity contribution in [3.63, 3.8) is 0 Å². The maximum atomic E-state index is 13.2. The fourth-order valence-electron chi connectivity index (χ4n) is 10.1. The van der Waals surface area contributed by atoms with E-state index in [9.17, 15) is 4.79 Å². The van der Waals surface area contributed by atoms with Crippen LogP contribution < -0.4 is 22.9 Å². The smallest absolute Gasteiger partial charge is 0.331 e. The van der Waals surface area contributed by atoms with Crippen LogP contribution in [-0.4, -0.2) is 36.6 Å². The first-order valence-electron chi connectivity index (χ1n) is 17.4. The van der Waals surface area contributed by atoms with Gasteiger partial charge in [0.25, 0.3) is 0 Å². The van der Waals surface area contributed by atoms with Crippen molar-refractivity contribution < 1.29 is 9.53 Å². The number of carbonyl (C=O) groups is 1. The molecular formula is C35H62N6O2. The van der Waals surface area contributed by atoms with Gasteiger partial charge < -0.3 is 27.7 Å². The second-order valence-electron chi connectivity index (χ2n) is 15.5. The number of esters is 1. The molecule has 244 valence electrons. The molecule has 3 saturated carbocycles. The Morgan fingerprint density at radius 3 is 2.40 bits per heavy atom. The molecule has 43 heavy (non-hydrogen) atoms. The lowest BCUT2D eigenvalue weighted by Crippen LogP contribution is -2.51. The molecule has 0 aromatic heterocycles. The van der Waals surface area contributed by atoms with E-state index < -0.39 is 6.04 Å². The molecule has 9 atom stereocenters. The van der Waals surface area contributed by atoms with Crippen LogP contribution in [0.3, 0.4) is 0 Å². The van der Waals surface area contributed by atoms with Crippen molar-refractivity contribution in [2.24, 2.45) is 79.3 Å². The lowest BCUT2D eigenvalue weighted by molar-refractivity contribution is -0.153. The largest absolute Gasteiger partial charge is 0.460 e. The number of hydrogen-bond donors (Lipinski definition) is 4.